The van der Waals surface area contributed by atoms with Crippen molar-refractivity contribution in [2.24, 2.45) is 5.92 Å². The number of fused-ring (bicyclic) bond motifs is 1. The van der Waals surface area contributed by atoms with Gasteiger partial charge >= 0.3 is 0 Å². The first-order chi connectivity index (χ1) is 15.8. The molecule has 6 nitrogen and oxygen atoms in total. The van der Waals surface area contributed by atoms with Crippen LogP contribution in [0.1, 0.15) is 31.8 Å². The smallest absolute Gasteiger partial charge is 0.233 e. The third-order valence-corrected chi connectivity index (χ3v) is 7.50. The Balaban J connectivity index is 1.49. The summed E-state index contributed by atoms with van der Waals surface area (Å²) < 4.78 is 17.4. The topological polar surface area (TPSA) is 63.9 Å². The van der Waals surface area contributed by atoms with Crippen LogP contribution in [0.4, 0.5) is 4.39 Å². The molecule has 4 aromatic rings. The summed E-state index contributed by atoms with van der Waals surface area (Å²) in [6.45, 7) is 6.78. The minimum atomic E-state index is -0.341. The number of hydrogen-bond acceptors (Lipinski definition) is 6. The molecule has 0 aliphatic rings. The van der Waals surface area contributed by atoms with Crippen LogP contribution in [0, 0.1) is 11.7 Å². The fourth-order valence-corrected chi connectivity index (χ4v) is 5.38. The highest BCUT2D eigenvalue weighted by atomic mass is 32.2. The minimum Gasteiger partial charge on any atom is -0.336 e. The maximum Gasteiger partial charge on any atom is 0.233 e. The molecule has 172 valence electrons. The van der Waals surface area contributed by atoms with Crippen molar-refractivity contribution in [2.45, 2.75) is 38.5 Å². The van der Waals surface area contributed by atoms with Gasteiger partial charge in [0.05, 0.1) is 27.6 Å². The molecule has 1 unspecified atom stereocenters. The monoisotopic (exact) mass is 483 g/mol. The molecule has 9 heteroatoms. The number of carbonyl (C=O) groups excluding carboxylic acids is 1. The average molecular weight is 484 g/mol. The third kappa shape index (κ3) is 5.09. The van der Waals surface area contributed by atoms with E-state index in [1.165, 1.54) is 17.8 Å². The molecule has 4 rings (SSSR count). The van der Waals surface area contributed by atoms with Crippen LogP contribution in [-0.2, 0) is 11.3 Å². The van der Waals surface area contributed by atoms with Gasteiger partial charge in [0, 0.05) is 13.6 Å². The van der Waals surface area contributed by atoms with E-state index in [4.69, 9.17) is 0 Å². The van der Waals surface area contributed by atoms with Crippen LogP contribution >= 0.6 is 23.1 Å². The maximum absolute atomic E-state index is 14.4. The lowest BCUT2D eigenvalue weighted by Crippen LogP contribution is -2.31. The molecule has 2 aromatic carbocycles. The second kappa shape index (κ2) is 10.0. The molecule has 33 heavy (non-hydrogen) atoms. The summed E-state index contributed by atoms with van der Waals surface area (Å²) in [5.74, 6) is 0.626. The van der Waals surface area contributed by atoms with E-state index in [1.54, 1.807) is 41.5 Å². The molecule has 2 heterocycles. The summed E-state index contributed by atoms with van der Waals surface area (Å²) in [5.41, 5.74) is 1.35. The molecule has 0 fully saturated rings. The minimum absolute atomic E-state index is 0.0294. The number of carbonyl (C=O) groups is 1. The predicted molar refractivity (Wildman–Crippen MR) is 132 cm³/mol. The van der Waals surface area contributed by atoms with Gasteiger partial charge in [-0.3, -0.25) is 4.79 Å². The van der Waals surface area contributed by atoms with Crippen molar-refractivity contribution in [1.29, 1.82) is 0 Å². The number of rotatable bonds is 8. The fraction of sp³-hybridized carbons (Fsp3) is 0.333. The van der Waals surface area contributed by atoms with Gasteiger partial charge in [-0.1, -0.05) is 49.9 Å². The number of nitrogens with zero attached hydrogens (tertiary/aromatic N) is 5. The van der Waals surface area contributed by atoms with E-state index < -0.39 is 0 Å². The van der Waals surface area contributed by atoms with Crippen LogP contribution in [-0.4, -0.2) is 43.4 Å². The first kappa shape index (κ1) is 23.4. The van der Waals surface area contributed by atoms with Gasteiger partial charge in [-0.2, -0.15) is 0 Å². The van der Waals surface area contributed by atoms with Crippen LogP contribution in [0.3, 0.4) is 0 Å². The lowest BCUT2D eigenvalue weighted by molar-refractivity contribution is -0.128. The Hall–Kier alpha value is -2.78. The van der Waals surface area contributed by atoms with Crippen LogP contribution in [0.5, 0.6) is 0 Å². The van der Waals surface area contributed by atoms with E-state index in [1.807, 2.05) is 35.8 Å². The van der Waals surface area contributed by atoms with Gasteiger partial charge in [-0.15, -0.1) is 21.5 Å². The van der Waals surface area contributed by atoms with Crippen LogP contribution in [0.2, 0.25) is 0 Å². The SMILES string of the molecule is CC(C)Cn1c(SCC(=O)N(C)C(C)c2nc3ccccc3s2)nnc1-c1ccccc1F. The van der Waals surface area contributed by atoms with Gasteiger partial charge in [0.1, 0.15) is 10.8 Å². The van der Waals surface area contributed by atoms with Gasteiger partial charge in [0.25, 0.3) is 0 Å². The van der Waals surface area contributed by atoms with E-state index in [0.29, 0.717) is 29.0 Å². The normalized spacial score (nSPS) is 12.4. The number of halogens is 1. The molecule has 0 bridgehead atoms. The molecule has 0 aliphatic heterocycles. The van der Waals surface area contributed by atoms with E-state index in [9.17, 15) is 9.18 Å². The standard InChI is InChI=1S/C24H26FN5OS2/c1-15(2)13-30-22(17-9-5-6-10-18(17)25)27-28-24(30)32-14-21(31)29(4)16(3)23-26-19-11-7-8-12-20(19)33-23/h5-12,15-16H,13-14H2,1-4H3. The molecule has 1 atom stereocenters. The first-order valence-electron chi connectivity index (χ1n) is 10.8. The average Bonchev–Trinajstić information content (AvgIpc) is 3.40. The predicted octanol–water partition coefficient (Wildman–Crippen LogP) is 5.66. The Bertz CT molecular complexity index is 1240. The van der Waals surface area contributed by atoms with Gasteiger partial charge in [0.15, 0.2) is 11.0 Å². The highest BCUT2D eigenvalue weighted by molar-refractivity contribution is 7.99. The summed E-state index contributed by atoms with van der Waals surface area (Å²) in [6.07, 6.45) is 0. The lowest BCUT2D eigenvalue weighted by Gasteiger charge is -2.23. The zero-order chi connectivity index (χ0) is 23.5. The summed E-state index contributed by atoms with van der Waals surface area (Å²) >= 11 is 2.93. The zero-order valence-corrected chi connectivity index (χ0v) is 20.7. The summed E-state index contributed by atoms with van der Waals surface area (Å²) in [4.78, 5) is 19.4. The van der Waals surface area contributed by atoms with Gasteiger partial charge in [0.2, 0.25) is 5.91 Å². The number of thiazole rings is 1. The second-order valence-electron chi connectivity index (χ2n) is 8.28. The summed E-state index contributed by atoms with van der Waals surface area (Å²) in [5, 5.41) is 10.0. The van der Waals surface area contributed by atoms with E-state index in [-0.39, 0.29) is 23.5 Å². The van der Waals surface area contributed by atoms with Gasteiger partial charge in [-0.05, 0) is 37.1 Å². The molecular formula is C24H26FN5OS2. The first-order valence-corrected chi connectivity index (χ1v) is 12.6. The lowest BCUT2D eigenvalue weighted by atomic mass is 10.2. The number of thioether (sulfide) groups is 1. The quantitative estimate of drug-likeness (QED) is 0.303. The molecule has 0 saturated carbocycles. The fourth-order valence-electron chi connectivity index (χ4n) is 3.45. The zero-order valence-electron chi connectivity index (χ0n) is 19.0. The van der Waals surface area contributed by atoms with Crippen molar-refractivity contribution < 1.29 is 9.18 Å². The molecule has 0 radical (unpaired) electrons. The van der Waals surface area contributed by atoms with E-state index in [0.717, 1.165) is 15.2 Å². The number of aromatic nitrogens is 4. The van der Waals surface area contributed by atoms with E-state index in [2.05, 4.69) is 29.0 Å². The van der Waals surface area contributed by atoms with Crippen molar-refractivity contribution in [1.82, 2.24) is 24.6 Å². The molecule has 0 N–H and O–H groups in total. The molecule has 0 aliphatic carbocycles. The number of para-hydroxylation sites is 1. The van der Waals surface area contributed by atoms with Crippen molar-refractivity contribution in [3.63, 3.8) is 0 Å². The van der Waals surface area contributed by atoms with Gasteiger partial charge in [-0.25, -0.2) is 9.37 Å². The Morgan fingerprint density at radius 1 is 1.12 bits per heavy atom. The van der Waals surface area contributed by atoms with Crippen molar-refractivity contribution in [2.75, 3.05) is 12.8 Å². The molecule has 1 amide bonds. The Labute approximate surface area is 200 Å². The van der Waals surface area contributed by atoms with Crippen molar-refractivity contribution in [3.05, 3.63) is 59.4 Å². The number of amides is 1. The third-order valence-electron chi connectivity index (χ3n) is 5.35. The summed E-state index contributed by atoms with van der Waals surface area (Å²) in [7, 11) is 1.79. The van der Waals surface area contributed by atoms with Crippen LogP contribution < -0.4 is 0 Å². The largest absolute Gasteiger partial charge is 0.336 e. The van der Waals surface area contributed by atoms with Crippen molar-refractivity contribution in [3.8, 4) is 11.4 Å². The maximum atomic E-state index is 14.4. The highest BCUT2D eigenvalue weighted by Crippen LogP contribution is 2.30. The van der Waals surface area contributed by atoms with Crippen molar-refractivity contribution >= 4 is 39.2 Å². The summed E-state index contributed by atoms with van der Waals surface area (Å²) in [6, 6.07) is 14.4. The van der Waals surface area contributed by atoms with Crippen LogP contribution in [0.15, 0.2) is 53.7 Å². The van der Waals surface area contributed by atoms with E-state index >= 15 is 0 Å². The molecular weight excluding hydrogens is 457 g/mol. The number of benzene rings is 2. The van der Waals surface area contributed by atoms with Gasteiger partial charge < -0.3 is 9.47 Å². The second-order valence-corrected chi connectivity index (χ2v) is 10.3. The molecule has 0 spiro atoms. The Morgan fingerprint density at radius 3 is 2.58 bits per heavy atom. The Morgan fingerprint density at radius 2 is 1.85 bits per heavy atom. The van der Waals surface area contributed by atoms with Crippen LogP contribution in [0.25, 0.3) is 21.6 Å². The highest BCUT2D eigenvalue weighted by Gasteiger charge is 2.23. The number of hydrogen-bond donors (Lipinski definition) is 0. The Kier molecular flexibility index (Phi) is 7.09. The molecule has 0 saturated heterocycles. The molecule has 2 aromatic heterocycles.